The monoisotopic (exact) mass is 532 g/mol. The lowest BCUT2D eigenvalue weighted by Crippen LogP contribution is -2.54. The van der Waals surface area contributed by atoms with Gasteiger partial charge in [-0.1, -0.05) is 0 Å². The molecule has 0 bridgehead atoms. The fourth-order valence-corrected chi connectivity index (χ4v) is 5.82. The third-order valence-electron chi connectivity index (χ3n) is 3.73. The lowest BCUT2D eigenvalue weighted by Gasteiger charge is -2.23. The summed E-state index contributed by atoms with van der Waals surface area (Å²) in [6.07, 6.45) is 4.85. The van der Waals surface area contributed by atoms with Crippen LogP contribution in [0.25, 0.3) is 17.0 Å². The number of H-pyrrole nitrogens is 1. The van der Waals surface area contributed by atoms with Crippen LogP contribution in [-0.4, -0.2) is 38.4 Å². The Balaban J connectivity index is 1.66. The lowest BCUT2D eigenvalue weighted by molar-refractivity contribution is -0.139. The van der Waals surface area contributed by atoms with E-state index in [2.05, 4.69) is 47.5 Å². The molecule has 3 amide bonds. The first-order valence-corrected chi connectivity index (χ1v) is 11.2. The molecule has 11 heteroatoms. The molecule has 2 aromatic rings. The van der Waals surface area contributed by atoms with Gasteiger partial charge >= 0.3 is 11.8 Å². The minimum atomic E-state index is -1.28. The molecule has 0 aliphatic carbocycles. The van der Waals surface area contributed by atoms with Crippen molar-refractivity contribution in [1.29, 1.82) is 0 Å². The number of carbonyl (C=O) groups is 3. The van der Waals surface area contributed by atoms with Gasteiger partial charge in [-0.05, 0) is 50.1 Å². The van der Waals surface area contributed by atoms with Crippen molar-refractivity contribution in [3.63, 3.8) is 0 Å². The number of nitrogens with two attached hydrogens (primary N) is 1. The van der Waals surface area contributed by atoms with E-state index in [4.69, 9.17) is 5.73 Å². The maximum Gasteiger partial charge on any atom is 0.313 e. The summed E-state index contributed by atoms with van der Waals surface area (Å²) in [6.45, 7) is 0. The molecule has 1 fully saturated rings. The van der Waals surface area contributed by atoms with Gasteiger partial charge in [0.1, 0.15) is 0 Å². The first-order valence-electron chi connectivity index (χ1n) is 7.66. The van der Waals surface area contributed by atoms with Crippen molar-refractivity contribution in [2.45, 2.75) is 4.20 Å². The topological polar surface area (TPSA) is 117 Å². The second-order valence-corrected chi connectivity index (χ2v) is 10.1. The molecule has 0 saturated carbocycles. The lowest BCUT2D eigenvalue weighted by atomic mass is 10.2. The highest BCUT2D eigenvalue weighted by molar-refractivity contribution is 9.13. The van der Waals surface area contributed by atoms with E-state index in [0.29, 0.717) is 11.5 Å². The number of halogens is 2. The highest BCUT2D eigenvalue weighted by atomic mass is 79.9. The van der Waals surface area contributed by atoms with Crippen LogP contribution in [0.3, 0.4) is 0 Å². The van der Waals surface area contributed by atoms with Crippen LogP contribution in [0.1, 0.15) is 5.56 Å². The largest absolute Gasteiger partial charge is 0.366 e. The summed E-state index contributed by atoms with van der Waals surface area (Å²) < 4.78 is 0.536. The Kier molecular flexibility index (Phi) is 6.24. The predicted octanol–water partition coefficient (Wildman–Crippen LogP) is 2.52. The number of primary amides is 1. The molecule has 142 valence electrons. The summed E-state index contributed by atoms with van der Waals surface area (Å²) in [5.74, 6) is -1.12. The molecule has 1 saturated heterocycles. The van der Waals surface area contributed by atoms with Crippen molar-refractivity contribution in [2.75, 3.05) is 11.5 Å². The van der Waals surface area contributed by atoms with Gasteiger partial charge in [-0.25, -0.2) is 0 Å². The van der Waals surface area contributed by atoms with Crippen molar-refractivity contribution in [1.82, 2.24) is 15.6 Å². The van der Waals surface area contributed by atoms with Crippen LogP contribution in [-0.2, 0) is 14.4 Å². The van der Waals surface area contributed by atoms with Gasteiger partial charge in [-0.3, -0.25) is 14.4 Å². The summed E-state index contributed by atoms with van der Waals surface area (Å²) in [5, 5.41) is 5.78. The summed E-state index contributed by atoms with van der Waals surface area (Å²) in [6, 6.07) is 3.87. The number of aromatic amines is 1. The van der Waals surface area contributed by atoms with Crippen LogP contribution in [0.2, 0.25) is 0 Å². The Labute approximate surface area is 179 Å². The van der Waals surface area contributed by atoms with E-state index < -0.39 is 21.9 Å². The van der Waals surface area contributed by atoms with Crippen LogP contribution < -0.4 is 16.4 Å². The molecular weight excluding hydrogens is 520 g/mol. The summed E-state index contributed by atoms with van der Waals surface area (Å²) in [7, 11) is 0. The minimum absolute atomic E-state index is 0.668. The highest BCUT2D eigenvalue weighted by Gasteiger charge is 2.44. The summed E-state index contributed by atoms with van der Waals surface area (Å²) in [5.41, 5.74) is 7.14. The fourth-order valence-electron chi connectivity index (χ4n) is 2.44. The second kappa shape index (κ2) is 8.29. The van der Waals surface area contributed by atoms with E-state index in [1.807, 2.05) is 12.1 Å². The zero-order valence-corrected chi connectivity index (χ0v) is 18.5. The first kappa shape index (κ1) is 20.3. The molecular formula is C16H14Br2N4O3S2. The zero-order chi connectivity index (χ0) is 19.6. The van der Waals surface area contributed by atoms with Crippen LogP contribution in [0.4, 0.5) is 0 Å². The summed E-state index contributed by atoms with van der Waals surface area (Å²) in [4.78, 5) is 38.9. The second-order valence-electron chi connectivity index (χ2n) is 5.49. The van der Waals surface area contributed by atoms with Gasteiger partial charge in [-0.2, -0.15) is 0 Å². The molecule has 5 N–H and O–H groups in total. The molecule has 1 aliphatic heterocycles. The van der Waals surface area contributed by atoms with Crippen LogP contribution >= 0.6 is 55.4 Å². The molecule has 0 radical (unpaired) electrons. The van der Waals surface area contributed by atoms with E-state index in [1.54, 1.807) is 12.3 Å². The number of benzene rings is 1. The Morgan fingerprint density at radius 3 is 2.48 bits per heavy atom. The van der Waals surface area contributed by atoms with E-state index >= 15 is 0 Å². The normalized spacial score (nSPS) is 15.9. The number of fused-ring (bicyclic) bond motifs is 1. The van der Waals surface area contributed by atoms with Crippen LogP contribution in [0.15, 0.2) is 33.5 Å². The number of amides is 3. The molecule has 1 aliphatic rings. The fraction of sp³-hybridized carbons (Fsp3) is 0.188. The molecule has 1 aromatic carbocycles. The molecule has 2 heterocycles. The van der Waals surface area contributed by atoms with Crippen molar-refractivity contribution in [3.8, 4) is 0 Å². The number of nitrogens with one attached hydrogen (secondary N) is 3. The molecule has 7 nitrogen and oxygen atoms in total. The first-order chi connectivity index (χ1) is 12.8. The summed E-state index contributed by atoms with van der Waals surface area (Å²) >= 11 is 9.33. The molecule has 1 aromatic heterocycles. The van der Waals surface area contributed by atoms with Crippen molar-refractivity contribution in [3.05, 3.63) is 39.0 Å². The standard InChI is InChI=1S/C16H14Br2N4O3S2/c17-10-5-9-8(7-21-12(9)6-11(10)18)1-2-20-13(23)14(24)22-16(15(19)25)26-3-4-27-16/h1-2,5-7,21H,3-4H2,(H2,19,25)(H,20,23)(H,22,24)/b2-1-. The molecule has 0 unspecified atom stereocenters. The number of aromatic nitrogens is 1. The molecule has 27 heavy (non-hydrogen) atoms. The van der Waals surface area contributed by atoms with Gasteiger partial charge in [0.15, 0.2) is 0 Å². The van der Waals surface area contributed by atoms with Crippen molar-refractivity contribution < 1.29 is 14.4 Å². The predicted molar refractivity (Wildman–Crippen MR) is 116 cm³/mol. The Morgan fingerprint density at radius 1 is 1.15 bits per heavy atom. The molecule has 0 spiro atoms. The third-order valence-corrected chi connectivity index (χ3v) is 8.78. The highest BCUT2D eigenvalue weighted by Crippen LogP contribution is 2.41. The quantitative estimate of drug-likeness (QED) is 0.450. The van der Waals surface area contributed by atoms with E-state index in [-0.39, 0.29) is 0 Å². The average molecular weight is 534 g/mol. The Hall–Kier alpha value is -1.43. The van der Waals surface area contributed by atoms with Crippen LogP contribution in [0.5, 0.6) is 0 Å². The molecule has 3 rings (SSSR count). The maximum absolute atomic E-state index is 12.1. The van der Waals surface area contributed by atoms with Gasteiger partial charge in [0.25, 0.3) is 5.91 Å². The SMILES string of the molecule is NC(=O)C1(NC(=O)C(=O)N/C=C\c2c[nH]c3cc(Br)c(Br)cc23)SCCS1. The smallest absolute Gasteiger partial charge is 0.313 e. The van der Waals surface area contributed by atoms with Gasteiger partial charge < -0.3 is 21.4 Å². The molecule has 0 atom stereocenters. The number of thioether (sulfide) groups is 2. The van der Waals surface area contributed by atoms with E-state index in [0.717, 1.165) is 25.4 Å². The number of carbonyl (C=O) groups excluding carboxylic acids is 3. The average Bonchev–Trinajstić information content (AvgIpc) is 3.24. The van der Waals surface area contributed by atoms with Gasteiger partial charge in [0.05, 0.1) is 0 Å². The van der Waals surface area contributed by atoms with Gasteiger partial charge in [0.2, 0.25) is 4.20 Å². The maximum atomic E-state index is 12.1. The van der Waals surface area contributed by atoms with Gasteiger partial charge in [0, 0.05) is 49.3 Å². The van der Waals surface area contributed by atoms with Gasteiger partial charge in [-0.15, -0.1) is 23.5 Å². The van der Waals surface area contributed by atoms with E-state index in [1.165, 1.54) is 29.7 Å². The minimum Gasteiger partial charge on any atom is -0.366 e. The zero-order valence-electron chi connectivity index (χ0n) is 13.7. The van der Waals surface area contributed by atoms with Crippen LogP contribution in [0, 0.1) is 0 Å². The Morgan fingerprint density at radius 2 is 1.81 bits per heavy atom. The number of hydrogen-bond donors (Lipinski definition) is 4. The number of rotatable bonds is 4. The number of hydrogen-bond acceptors (Lipinski definition) is 5. The van der Waals surface area contributed by atoms with Crippen molar-refractivity contribution in [2.24, 2.45) is 5.73 Å². The van der Waals surface area contributed by atoms with Crippen molar-refractivity contribution >= 4 is 90.1 Å². The third kappa shape index (κ3) is 4.36. The Bertz CT molecular complexity index is 955. The van der Waals surface area contributed by atoms with E-state index in [9.17, 15) is 14.4 Å².